The van der Waals surface area contributed by atoms with Gasteiger partial charge in [0, 0.05) is 25.2 Å². The van der Waals surface area contributed by atoms with E-state index in [0.717, 1.165) is 0 Å². The molecule has 0 radical (unpaired) electrons. The van der Waals surface area contributed by atoms with Gasteiger partial charge in [0.2, 0.25) is 0 Å². The summed E-state index contributed by atoms with van der Waals surface area (Å²) in [5.41, 5.74) is 1.28. The monoisotopic (exact) mass is 601 g/mol. The van der Waals surface area contributed by atoms with E-state index >= 15 is 0 Å². The Morgan fingerprint density at radius 2 is 1.71 bits per heavy atom. The number of hydrogen-bond acceptors (Lipinski definition) is 7. The number of sulfone groups is 1. The normalized spacial score (nSPS) is 17.0. The van der Waals surface area contributed by atoms with Crippen molar-refractivity contribution >= 4 is 21.7 Å². The molecule has 4 rings (SSSR count). The molecule has 0 spiro atoms. The summed E-state index contributed by atoms with van der Waals surface area (Å²) in [4.78, 5) is 31.5. The molecule has 3 aromatic rings. The number of aliphatic hydroxyl groups is 2. The lowest BCUT2D eigenvalue weighted by atomic mass is 10.1. The molecule has 1 fully saturated rings. The molecule has 1 aliphatic rings. The first kappa shape index (κ1) is 31.3. The zero-order chi connectivity index (χ0) is 30.6. The molecule has 42 heavy (non-hydrogen) atoms. The highest BCUT2D eigenvalue weighted by atomic mass is 32.2. The zero-order valence-electron chi connectivity index (χ0n) is 23.6. The average Bonchev–Trinajstić information content (AvgIpc) is 3.58. The maximum Gasteiger partial charge on any atom is 0.305 e. The third kappa shape index (κ3) is 7.05. The quantitative estimate of drug-likeness (QED) is 0.286. The second kappa shape index (κ2) is 13.1. The number of carboxylic acid groups (broad SMARTS) is 1. The Morgan fingerprint density at radius 3 is 2.33 bits per heavy atom. The van der Waals surface area contributed by atoms with Crippen LogP contribution in [0.3, 0.4) is 0 Å². The van der Waals surface area contributed by atoms with Gasteiger partial charge in [0.05, 0.1) is 34.5 Å². The van der Waals surface area contributed by atoms with E-state index in [1.54, 1.807) is 34.9 Å². The number of aliphatic hydroxyl groups excluding tert-OH is 2. The Bertz CT molecular complexity index is 1510. The summed E-state index contributed by atoms with van der Waals surface area (Å²) in [6, 6.07) is 13.8. The van der Waals surface area contributed by atoms with Gasteiger partial charge in [-0.2, -0.15) is 0 Å². The van der Waals surface area contributed by atoms with Gasteiger partial charge >= 0.3 is 5.97 Å². The van der Waals surface area contributed by atoms with Gasteiger partial charge in [-0.25, -0.2) is 17.8 Å². The fourth-order valence-electron chi connectivity index (χ4n) is 5.25. The van der Waals surface area contributed by atoms with Crippen molar-refractivity contribution in [2.75, 3.05) is 13.1 Å². The Kier molecular flexibility index (Phi) is 9.80. The molecular weight excluding hydrogens is 565 g/mol. The number of carbonyl (C=O) groups excluding carboxylic acids is 1. The van der Waals surface area contributed by atoms with Crippen LogP contribution < -0.4 is 0 Å². The number of halogens is 1. The Hall–Kier alpha value is -3.61. The second-order valence-electron chi connectivity index (χ2n) is 10.9. The number of imidazole rings is 1. The van der Waals surface area contributed by atoms with Gasteiger partial charge in [0.25, 0.3) is 5.91 Å². The number of likely N-dealkylation sites (tertiary alicyclic amines) is 1. The van der Waals surface area contributed by atoms with Crippen LogP contribution in [0.4, 0.5) is 4.39 Å². The van der Waals surface area contributed by atoms with Gasteiger partial charge in [0.15, 0.2) is 9.84 Å². The number of carboxylic acids is 1. The number of rotatable bonds is 12. The number of carbonyl (C=O) groups is 2. The van der Waals surface area contributed by atoms with E-state index in [-0.39, 0.29) is 55.4 Å². The largest absolute Gasteiger partial charge is 0.481 e. The Morgan fingerprint density at radius 1 is 1.05 bits per heavy atom. The lowest BCUT2D eigenvalue weighted by molar-refractivity contribution is -0.139. The Balaban J connectivity index is 1.67. The summed E-state index contributed by atoms with van der Waals surface area (Å²) in [6.07, 6.45) is -2.63. The standard InChI is InChI=1S/C30H36FN3O7S/c1-19(2)27-28(30(39)33-14-13-25(18-33)42(40,41)24-6-4-3-5-7-24)34(15-12-22(35)16-23(36)17-26(37)38)29(32-27)20-8-10-21(31)11-9-20/h3-11,19,22-23,25,35-36H,12-18H2,1-2H3,(H,37,38)/t22-,23-,25?/m1/s1. The number of nitrogens with zero attached hydrogens (tertiary/aromatic N) is 3. The molecule has 226 valence electrons. The number of hydrogen-bond donors (Lipinski definition) is 3. The van der Waals surface area contributed by atoms with E-state index in [1.807, 2.05) is 13.8 Å². The molecule has 3 N–H and O–H groups in total. The van der Waals surface area contributed by atoms with Crippen LogP contribution in [0.15, 0.2) is 59.5 Å². The van der Waals surface area contributed by atoms with E-state index in [0.29, 0.717) is 17.1 Å². The van der Waals surface area contributed by atoms with Crippen molar-refractivity contribution in [1.82, 2.24) is 14.5 Å². The molecule has 2 heterocycles. The molecule has 1 saturated heterocycles. The maximum atomic E-state index is 14.1. The van der Waals surface area contributed by atoms with Crippen molar-refractivity contribution in [2.24, 2.45) is 0 Å². The van der Waals surface area contributed by atoms with Gasteiger partial charge < -0.3 is 24.8 Å². The molecule has 0 saturated carbocycles. The van der Waals surface area contributed by atoms with Gasteiger partial charge in [0.1, 0.15) is 17.3 Å². The molecule has 1 aliphatic heterocycles. The maximum absolute atomic E-state index is 14.1. The van der Waals surface area contributed by atoms with E-state index < -0.39 is 51.4 Å². The van der Waals surface area contributed by atoms with Crippen LogP contribution >= 0.6 is 0 Å². The van der Waals surface area contributed by atoms with Crippen LogP contribution in [0.5, 0.6) is 0 Å². The summed E-state index contributed by atoms with van der Waals surface area (Å²) < 4.78 is 41.9. The van der Waals surface area contributed by atoms with E-state index in [9.17, 15) is 32.6 Å². The minimum absolute atomic E-state index is 0.00859. The van der Waals surface area contributed by atoms with Crippen LogP contribution in [-0.2, 0) is 21.2 Å². The van der Waals surface area contributed by atoms with Crippen LogP contribution in [0.2, 0.25) is 0 Å². The highest BCUT2D eigenvalue weighted by Crippen LogP contribution is 2.31. The molecule has 1 unspecified atom stereocenters. The zero-order valence-corrected chi connectivity index (χ0v) is 24.4. The first-order chi connectivity index (χ1) is 19.9. The van der Waals surface area contributed by atoms with Crippen LogP contribution in [0.25, 0.3) is 11.4 Å². The topological polar surface area (TPSA) is 150 Å². The number of benzene rings is 2. The third-order valence-electron chi connectivity index (χ3n) is 7.43. The highest BCUT2D eigenvalue weighted by Gasteiger charge is 2.38. The third-order valence-corrected chi connectivity index (χ3v) is 9.62. The molecule has 1 aromatic heterocycles. The summed E-state index contributed by atoms with van der Waals surface area (Å²) in [5.74, 6) is -1.84. The average molecular weight is 602 g/mol. The first-order valence-corrected chi connectivity index (χ1v) is 15.5. The molecular formula is C30H36FN3O7S. The van der Waals surface area contributed by atoms with Crippen LogP contribution in [-0.4, -0.2) is 80.6 Å². The molecule has 1 amide bonds. The Labute approximate surface area is 244 Å². The minimum atomic E-state index is -3.66. The van der Waals surface area contributed by atoms with Crippen molar-refractivity contribution in [2.45, 2.75) is 74.3 Å². The molecule has 0 aliphatic carbocycles. The number of amides is 1. The molecule has 3 atom stereocenters. The fourth-order valence-corrected chi connectivity index (χ4v) is 6.96. The van der Waals surface area contributed by atoms with Crippen LogP contribution in [0, 0.1) is 5.82 Å². The minimum Gasteiger partial charge on any atom is -0.481 e. The van der Waals surface area contributed by atoms with Crippen molar-refractivity contribution < 1.29 is 37.7 Å². The van der Waals surface area contributed by atoms with Crippen molar-refractivity contribution in [1.29, 1.82) is 0 Å². The highest BCUT2D eigenvalue weighted by molar-refractivity contribution is 7.92. The molecule has 10 nitrogen and oxygen atoms in total. The number of aromatic nitrogens is 2. The SMILES string of the molecule is CC(C)c1nc(-c2ccc(F)cc2)n(CC[C@@H](O)C[C@@H](O)CC(=O)O)c1C(=O)N1CCC(S(=O)(=O)c2ccccc2)C1. The second-order valence-corrected chi connectivity index (χ2v) is 13.2. The predicted octanol–water partition coefficient (Wildman–Crippen LogP) is 3.48. The summed E-state index contributed by atoms with van der Waals surface area (Å²) >= 11 is 0. The molecule has 12 heteroatoms. The first-order valence-electron chi connectivity index (χ1n) is 13.9. The van der Waals surface area contributed by atoms with E-state index in [2.05, 4.69) is 0 Å². The lowest BCUT2D eigenvalue weighted by Gasteiger charge is -2.21. The number of aliphatic carboxylic acids is 1. The fraction of sp³-hybridized carbons (Fsp3) is 0.433. The van der Waals surface area contributed by atoms with Gasteiger partial charge in [-0.1, -0.05) is 32.0 Å². The summed E-state index contributed by atoms with van der Waals surface area (Å²) in [6.45, 7) is 4.08. The smallest absolute Gasteiger partial charge is 0.305 e. The summed E-state index contributed by atoms with van der Waals surface area (Å²) in [5, 5.41) is 28.7. The predicted molar refractivity (Wildman–Crippen MR) is 153 cm³/mol. The lowest BCUT2D eigenvalue weighted by Crippen LogP contribution is -2.34. The van der Waals surface area contributed by atoms with Gasteiger partial charge in [-0.3, -0.25) is 9.59 Å². The van der Waals surface area contributed by atoms with Crippen LogP contribution in [0.1, 0.15) is 61.6 Å². The van der Waals surface area contributed by atoms with Crippen molar-refractivity contribution in [3.05, 3.63) is 71.8 Å². The van der Waals surface area contributed by atoms with E-state index in [4.69, 9.17) is 10.1 Å². The molecule has 0 bridgehead atoms. The van der Waals surface area contributed by atoms with Gasteiger partial charge in [-0.15, -0.1) is 0 Å². The molecule has 2 aromatic carbocycles. The van der Waals surface area contributed by atoms with Crippen molar-refractivity contribution in [3.8, 4) is 11.4 Å². The van der Waals surface area contributed by atoms with E-state index in [1.165, 1.54) is 29.2 Å². The van der Waals surface area contributed by atoms with Gasteiger partial charge in [-0.05, 0) is 61.6 Å². The van der Waals surface area contributed by atoms with Crippen molar-refractivity contribution in [3.63, 3.8) is 0 Å². The summed E-state index contributed by atoms with van der Waals surface area (Å²) in [7, 11) is -3.66.